The maximum atomic E-state index is 9.16. The minimum Gasteiger partial charge on any atom is -0.392 e. The van der Waals surface area contributed by atoms with Crippen LogP contribution >= 0.6 is 0 Å². The van der Waals surface area contributed by atoms with Crippen LogP contribution in [0.3, 0.4) is 0 Å². The maximum Gasteiger partial charge on any atom is 0.0684 e. The van der Waals surface area contributed by atoms with Crippen molar-refractivity contribution in [1.82, 2.24) is 0 Å². The molecule has 0 unspecified atom stereocenters. The van der Waals surface area contributed by atoms with Crippen molar-refractivity contribution < 1.29 is 10.2 Å². The molecule has 0 amide bonds. The van der Waals surface area contributed by atoms with Gasteiger partial charge in [0.1, 0.15) is 0 Å². The second-order valence-corrected chi connectivity index (χ2v) is 4.60. The van der Waals surface area contributed by atoms with Gasteiger partial charge in [-0.25, -0.2) is 0 Å². The normalized spacial score (nSPS) is 10.7. The van der Waals surface area contributed by atoms with Crippen molar-refractivity contribution in [2.75, 3.05) is 0 Å². The fourth-order valence-corrected chi connectivity index (χ4v) is 2.11. The number of benzene rings is 2. The van der Waals surface area contributed by atoms with Gasteiger partial charge in [0.25, 0.3) is 0 Å². The SMILES string of the molecule is Cc1cc(-c2ccc(CO)c(C)c2)ccc1CO. The van der Waals surface area contributed by atoms with Crippen LogP contribution in [0, 0.1) is 13.8 Å². The van der Waals surface area contributed by atoms with Gasteiger partial charge in [-0.05, 0) is 47.2 Å². The number of hydrogen-bond donors (Lipinski definition) is 2. The highest BCUT2D eigenvalue weighted by molar-refractivity contribution is 5.66. The van der Waals surface area contributed by atoms with Gasteiger partial charge >= 0.3 is 0 Å². The first-order valence-electron chi connectivity index (χ1n) is 6.07. The Kier molecular flexibility index (Phi) is 3.80. The zero-order chi connectivity index (χ0) is 13.1. The van der Waals surface area contributed by atoms with E-state index in [9.17, 15) is 0 Å². The van der Waals surface area contributed by atoms with Gasteiger partial charge in [0.05, 0.1) is 13.2 Å². The minimum atomic E-state index is 0.0780. The van der Waals surface area contributed by atoms with Crippen LogP contribution in [0.25, 0.3) is 11.1 Å². The van der Waals surface area contributed by atoms with Gasteiger partial charge in [-0.2, -0.15) is 0 Å². The molecule has 0 spiro atoms. The summed E-state index contributed by atoms with van der Waals surface area (Å²) in [5, 5.41) is 18.3. The van der Waals surface area contributed by atoms with Crippen molar-refractivity contribution in [3.63, 3.8) is 0 Å². The van der Waals surface area contributed by atoms with E-state index in [1.54, 1.807) is 0 Å². The average molecular weight is 242 g/mol. The molecule has 2 heteroatoms. The van der Waals surface area contributed by atoms with Gasteiger partial charge in [-0.1, -0.05) is 36.4 Å². The predicted octanol–water partition coefficient (Wildman–Crippen LogP) is 2.96. The van der Waals surface area contributed by atoms with Crippen LogP contribution in [0.5, 0.6) is 0 Å². The molecule has 0 aliphatic heterocycles. The molecular weight excluding hydrogens is 224 g/mol. The summed E-state index contributed by atoms with van der Waals surface area (Å²) < 4.78 is 0. The third kappa shape index (κ3) is 2.45. The Morgan fingerprint density at radius 2 is 1.11 bits per heavy atom. The molecule has 2 N–H and O–H groups in total. The van der Waals surface area contributed by atoms with Gasteiger partial charge in [-0.15, -0.1) is 0 Å². The van der Waals surface area contributed by atoms with E-state index in [1.165, 1.54) is 0 Å². The molecule has 0 radical (unpaired) electrons. The lowest BCUT2D eigenvalue weighted by atomic mass is 9.97. The highest BCUT2D eigenvalue weighted by atomic mass is 16.3. The Morgan fingerprint density at radius 1 is 0.722 bits per heavy atom. The number of aliphatic hydroxyl groups excluding tert-OH is 2. The minimum absolute atomic E-state index is 0.0780. The summed E-state index contributed by atoms with van der Waals surface area (Å²) in [5.74, 6) is 0. The fourth-order valence-electron chi connectivity index (χ4n) is 2.11. The summed E-state index contributed by atoms with van der Waals surface area (Å²) in [6, 6.07) is 12.1. The molecule has 18 heavy (non-hydrogen) atoms. The number of hydrogen-bond acceptors (Lipinski definition) is 2. The second kappa shape index (κ2) is 5.34. The first-order chi connectivity index (χ1) is 8.65. The first kappa shape index (κ1) is 12.8. The van der Waals surface area contributed by atoms with E-state index in [1.807, 2.05) is 38.1 Å². The van der Waals surface area contributed by atoms with Crippen molar-refractivity contribution in [1.29, 1.82) is 0 Å². The molecule has 0 saturated heterocycles. The van der Waals surface area contributed by atoms with Crippen molar-refractivity contribution in [2.24, 2.45) is 0 Å². The molecule has 2 aromatic carbocycles. The lowest BCUT2D eigenvalue weighted by Crippen LogP contribution is -1.91. The third-order valence-electron chi connectivity index (χ3n) is 3.36. The van der Waals surface area contributed by atoms with E-state index in [4.69, 9.17) is 10.2 Å². The molecule has 0 bridgehead atoms. The molecule has 0 fully saturated rings. The molecule has 94 valence electrons. The Morgan fingerprint density at radius 3 is 1.39 bits per heavy atom. The van der Waals surface area contributed by atoms with Gasteiger partial charge in [0.2, 0.25) is 0 Å². The second-order valence-electron chi connectivity index (χ2n) is 4.60. The van der Waals surface area contributed by atoms with Crippen molar-refractivity contribution in [2.45, 2.75) is 27.1 Å². The van der Waals surface area contributed by atoms with Gasteiger partial charge in [0, 0.05) is 0 Å². The molecule has 0 aliphatic rings. The zero-order valence-electron chi connectivity index (χ0n) is 10.8. The van der Waals surface area contributed by atoms with Gasteiger partial charge in [0.15, 0.2) is 0 Å². The summed E-state index contributed by atoms with van der Waals surface area (Å²) in [6.45, 7) is 4.16. The van der Waals surface area contributed by atoms with Crippen LogP contribution in [-0.2, 0) is 13.2 Å². The van der Waals surface area contributed by atoms with E-state index in [0.717, 1.165) is 33.4 Å². The Labute approximate surface area is 108 Å². The molecule has 2 aromatic rings. The van der Waals surface area contributed by atoms with Crippen molar-refractivity contribution in [3.05, 3.63) is 58.7 Å². The quantitative estimate of drug-likeness (QED) is 0.868. The summed E-state index contributed by atoms with van der Waals surface area (Å²) >= 11 is 0. The Bertz CT molecular complexity index is 508. The Balaban J connectivity index is 2.42. The molecule has 0 aromatic heterocycles. The molecule has 0 heterocycles. The molecule has 0 aliphatic carbocycles. The summed E-state index contributed by atoms with van der Waals surface area (Å²) in [4.78, 5) is 0. The van der Waals surface area contributed by atoms with E-state index >= 15 is 0 Å². The first-order valence-corrected chi connectivity index (χ1v) is 6.07. The fraction of sp³-hybridized carbons (Fsp3) is 0.250. The lowest BCUT2D eigenvalue weighted by Gasteiger charge is -2.09. The zero-order valence-corrected chi connectivity index (χ0v) is 10.8. The van der Waals surface area contributed by atoms with Crippen molar-refractivity contribution in [3.8, 4) is 11.1 Å². The van der Waals surface area contributed by atoms with Crippen LogP contribution in [0.2, 0.25) is 0 Å². The summed E-state index contributed by atoms with van der Waals surface area (Å²) in [5.41, 5.74) is 6.39. The van der Waals surface area contributed by atoms with Gasteiger partial charge in [-0.3, -0.25) is 0 Å². The van der Waals surface area contributed by atoms with Crippen LogP contribution in [0.4, 0.5) is 0 Å². The average Bonchev–Trinajstić information content (AvgIpc) is 2.38. The topological polar surface area (TPSA) is 40.5 Å². The van der Waals surface area contributed by atoms with Gasteiger partial charge < -0.3 is 10.2 Å². The molecule has 0 saturated carbocycles. The molecule has 0 atom stereocenters. The predicted molar refractivity (Wildman–Crippen MR) is 73.2 cm³/mol. The molecule has 2 nitrogen and oxygen atoms in total. The molecule has 2 rings (SSSR count). The largest absolute Gasteiger partial charge is 0.392 e. The van der Waals surface area contributed by atoms with Crippen molar-refractivity contribution >= 4 is 0 Å². The van der Waals surface area contributed by atoms with Crippen LogP contribution in [-0.4, -0.2) is 10.2 Å². The summed E-state index contributed by atoms with van der Waals surface area (Å²) in [6.07, 6.45) is 0. The van der Waals surface area contributed by atoms with E-state index in [-0.39, 0.29) is 13.2 Å². The lowest BCUT2D eigenvalue weighted by molar-refractivity contribution is 0.281. The van der Waals surface area contributed by atoms with Crippen LogP contribution < -0.4 is 0 Å². The third-order valence-corrected chi connectivity index (χ3v) is 3.36. The standard InChI is InChI=1S/C16H18O2/c1-11-7-13(3-5-15(11)9-17)14-4-6-16(10-18)12(2)8-14/h3-8,17-18H,9-10H2,1-2H3. The Hall–Kier alpha value is -1.64. The van der Waals surface area contributed by atoms with E-state index in [2.05, 4.69) is 12.1 Å². The monoisotopic (exact) mass is 242 g/mol. The number of rotatable bonds is 3. The highest BCUT2D eigenvalue weighted by Crippen LogP contribution is 2.24. The molecular formula is C16H18O2. The maximum absolute atomic E-state index is 9.16. The van der Waals surface area contributed by atoms with Crippen LogP contribution in [0.1, 0.15) is 22.3 Å². The number of aliphatic hydroxyl groups is 2. The smallest absolute Gasteiger partial charge is 0.0684 e. The number of aryl methyl sites for hydroxylation is 2. The summed E-state index contributed by atoms with van der Waals surface area (Å²) in [7, 11) is 0. The van der Waals surface area contributed by atoms with E-state index in [0.29, 0.717) is 0 Å². The van der Waals surface area contributed by atoms with Crippen LogP contribution in [0.15, 0.2) is 36.4 Å². The van der Waals surface area contributed by atoms with E-state index < -0.39 is 0 Å². The highest BCUT2D eigenvalue weighted by Gasteiger charge is 2.04.